The van der Waals surface area contributed by atoms with Crippen molar-refractivity contribution in [2.24, 2.45) is 10.9 Å². The Labute approximate surface area is 135 Å². The third-order valence-electron chi connectivity index (χ3n) is 4.24. The lowest BCUT2D eigenvalue weighted by Gasteiger charge is -2.28. The maximum atomic E-state index is 11.9. The summed E-state index contributed by atoms with van der Waals surface area (Å²) >= 11 is 0. The number of nitrogen functional groups attached to an aromatic ring is 1. The number of anilines is 1. The predicted molar refractivity (Wildman–Crippen MR) is 85.7 cm³/mol. The van der Waals surface area contributed by atoms with Crippen LogP contribution in [0.1, 0.15) is 13.2 Å². The normalized spacial score (nSPS) is 31.0. The molecule has 0 spiro atoms. The highest BCUT2D eigenvalue weighted by Crippen LogP contribution is 2.39. The van der Waals surface area contributed by atoms with Gasteiger partial charge in [-0.05, 0) is 13.0 Å². The molecule has 24 heavy (non-hydrogen) atoms. The largest absolute Gasteiger partial charge is 0.387 e. The molecule has 10 heteroatoms. The number of aliphatic hydroxyl groups is 1. The summed E-state index contributed by atoms with van der Waals surface area (Å²) in [6.07, 6.45) is 3.63. The molecule has 10 nitrogen and oxygen atoms in total. The third-order valence-corrected chi connectivity index (χ3v) is 4.24. The molecule has 1 unspecified atom stereocenters. The van der Waals surface area contributed by atoms with E-state index in [-0.39, 0.29) is 17.0 Å². The van der Waals surface area contributed by atoms with Crippen molar-refractivity contribution in [2.75, 3.05) is 5.73 Å². The zero-order valence-corrected chi connectivity index (χ0v) is 12.7. The van der Waals surface area contributed by atoms with E-state index in [1.54, 1.807) is 0 Å². The summed E-state index contributed by atoms with van der Waals surface area (Å²) in [5.74, 6) is 2.24. The fraction of sp³-hybridized carbons (Fsp3) is 0.429. The predicted octanol–water partition coefficient (Wildman–Crippen LogP) is -0.949. The van der Waals surface area contributed by atoms with E-state index in [0.29, 0.717) is 0 Å². The minimum Gasteiger partial charge on any atom is -0.387 e. The minimum atomic E-state index is -1.64. The summed E-state index contributed by atoms with van der Waals surface area (Å²) in [5.41, 5.74) is 9.87. The maximum absolute atomic E-state index is 11.9. The number of nitrogens with zero attached hydrogens (tertiary/aromatic N) is 3. The van der Waals surface area contributed by atoms with Gasteiger partial charge < -0.3 is 25.9 Å². The van der Waals surface area contributed by atoms with Gasteiger partial charge in [-0.3, -0.25) is 9.78 Å². The standard InChI is InChI=1S/C14H16N6O4/c1-3-14(16)9(21)8(6(2)19-23)24-12(14)20-5-4-7-10(20)17-13(15)18-11(7)22/h1,4-6,8-9,12,21H,16H2,2H3,(H3,15,17,18,22)/t6-,8-,9?,12-,14-/m1/s1. The number of nitroso groups, excluding NO2 is 1. The van der Waals surface area contributed by atoms with Gasteiger partial charge in [-0.2, -0.15) is 9.89 Å². The van der Waals surface area contributed by atoms with Crippen LogP contribution in [0, 0.1) is 17.3 Å². The Morgan fingerprint density at radius 3 is 3.00 bits per heavy atom. The van der Waals surface area contributed by atoms with E-state index in [4.69, 9.17) is 22.6 Å². The van der Waals surface area contributed by atoms with Gasteiger partial charge in [0.15, 0.2) is 17.4 Å². The number of H-pyrrole nitrogens is 1. The topological polar surface area (TPSA) is 162 Å². The van der Waals surface area contributed by atoms with Crippen LogP contribution in [0.15, 0.2) is 22.2 Å². The summed E-state index contributed by atoms with van der Waals surface area (Å²) in [7, 11) is 0. The van der Waals surface area contributed by atoms with Gasteiger partial charge in [0.05, 0.1) is 5.39 Å². The average Bonchev–Trinajstić information content (AvgIpc) is 3.07. The second-order valence-corrected chi connectivity index (χ2v) is 5.73. The van der Waals surface area contributed by atoms with Gasteiger partial charge in [-0.1, -0.05) is 11.1 Å². The highest BCUT2D eigenvalue weighted by molar-refractivity contribution is 5.76. The van der Waals surface area contributed by atoms with E-state index in [1.807, 2.05) is 0 Å². The lowest BCUT2D eigenvalue weighted by Crippen LogP contribution is -2.54. The van der Waals surface area contributed by atoms with Gasteiger partial charge in [0.1, 0.15) is 18.2 Å². The van der Waals surface area contributed by atoms with Crippen molar-refractivity contribution < 1.29 is 9.84 Å². The molecule has 0 saturated carbocycles. The van der Waals surface area contributed by atoms with E-state index in [9.17, 15) is 14.8 Å². The SMILES string of the molecule is C#C[C@@]1(N)C(O)[C@@H]([C@@H](C)N=O)O[C@H]1n1ccc2c(=O)[nH]c(N)nc21. The molecule has 0 aliphatic carbocycles. The van der Waals surface area contributed by atoms with Crippen LogP contribution in [0.25, 0.3) is 11.0 Å². The van der Waals surface area contributed by atoms with E-state index in [1.165, 1.54) is 23.8 Å². The monoisotopic (exact) mass is 332 g/mol. The van der Waals surface area contributed by atoms with Gasteiger partial charge >= 0.3 is 0 Å². The van der Waals surface area contributed by atoms with Gasteiger partial charge in [-0.15, -0.1) is 6.42 Å². The van der Waals surface area contributed by atoms with Crippen LogP contribution in [0.4, 0.5) is 5.95 Å². The number of rotatable bonds is 3. The summed E-state index contributed by atoms with van der Waals surface area (Å²) in [6.45, 7) is 1.48. The zero-order chi connectivity index (χ0) is 17.6. The maximum Gasteiger partial charge on any atom is 0.261 e. The molecule has 0 amide bonds. The van der Waals surface area contributed by atoms with E-state index >= 15 is 0 Å². The van der Waals surface area contributed by atoms with Crippen LogP contribution >= 0.6 is 0 Å². The van der Waals surface area contributed by atoms with Crippen LogP contribution in [-0.2, 0) is 4.74 Å². The van der Waals surface area contributed by atoms with Crippen molar-refractivity contribution in [1.82, 2.24) is 14.5 Å². The molecular formula is C14H16N6O4. The number of terminal acetylenes is 1. The van der Waals surface area contributed by atoms with Crippen molar-refractivity contribution in [3.8, 4) is 12.3 Å². The van der Waals surface area contributed by atoms with Crippen molar-refractivity contribution >= 4 is 17.0 Å². The van der Waals surface area contributed by atoms with Crippen LogP contribution in [0.5, 0.6) is 0 Å². The third kappa shape index (κ3) is 2.10. The van der Waals surface area contributed by atoms with E-state index in [2.05, 4.69) is 21.1 Å². The van der Waals surface area contributed by atoms with E-state index in [0.717, 1.165) is 0 Å². The molecule has 1 aliphatic heterocycles. The number of aliphatic hydroxyl groups excluding tert-OH is 1. The zero-order valence-electron chi connectivity index (χ0n) is 12.7. The molecule has 0 radical (unpaired) electrons. The molecular weight excluding hydrogens is 316 g/mol. The highest BCUT2D eigenvalue weighted by atomic mass is 16.5. The number of aromatic amines is 1. The number of ether oxygens (including phenoxy) is 1. The second-order valence-electron chi connectivity index (χ2n) is 5.73. The Kier molecular flexibility index (Phi) is 3.64. The molecule has 126 valence electrons. The van der Waals surface area contributed by atoms with Crippen molar-refractivity contribution in [3.63, 3.8) is 0 Å². The lowest BCUT2D eigenvalue weighted by atomic mass is 9.90. The first-order valence-electron chi connectivity index (χ1n) is 7.12. The van der Waals surface area contributed by atoms with Gasteiger partial charge in [0.25, 0.3) is 5.56 Å². The van der Waals surface area contributed by atoms with E-state index < -0.39 is 35.6 Å². The molecule has 1 saturated heterocycles. The molecule has 1 fully saturated rings. The Morgan fingerprint density at radius 2 is 2.38 bits per heavy atom. The second kappa shape index (κ2) is 5.41. The average molecular weight is 332 g/mol. The molecule has 2 aromatic rings. The van der Waals surface area contributed by atoms with Crippen molar-refractivity contribution in [3.05, 3.63) is 27.5 Å². The minimum absolute atomic E-state index is 0.0891. The molecule has 3 heterocycles. The summed E-state index contributed by atoms with van der Waals surface area (Å²) in [4.78, 5) is 29.2. The Hall–Kier alpha value is -2.74. The van der Waals surface area contributed by atoms with Crippen LogP contribution < -0.4 is 17.0 Å². The number of nitrogens with one attached hydrogen (secondary N) is 1. The van der Waals surface area contributed by atoms with Gasteiger partial charge in [0, 0.05) is 6.20 Å². The van der Waals surface area contributed by atoms with Crippen molar-refractivity contribution in [1.29, 1.82) is 0 Å². The summed E-state index contributed by atoms with van der Waals surface area (Å²) in [6, 6.07) is 0.631. The van der Waals surface area contributed by atoms with Crippen molar-refractivity contribution in [2.45, 2.75) is 36.9 Å². The fourth-order valence-corrected chi connectivity index (χ4v) is 2.89. The van der Waals surface area contributed by atoms with Crippen LogP contribution in [0.2, 0.25) is 0 Å². The number of hydrogen-bond acceptors (Lipinski definition) is 8. The Balaban J connectivity index is 2.16. The van der Waals surface area contributed by atoms with Crippen LogP contribution in [-0.4, -0.2) is 43.4 Å². The Morgan fingerprint density at radius 1 is 1.67 bits per heavy atom. The molecule has 6 N–H and O–H groups in total. The first kappa shape index (κ1) is 16.1. The highest BCUT2D eigenvalue weighted by Gasteiger charge is 2.56. The fourth-order valence-electron chi connectivity index (χ4n) is 2.89. The first-order valence-corrected chi connectivity index (χ1v) is 7.12. The van der Waals surface area contributed by atoms with Crippen LogP contribution in [0.3, 0.4) is 0 Å². The smallest absolute Gasteiger partial charge is 0.261 e. The molecule has 3 rings (SSSR count). The number of hydrogen-bond donors (Lipinski definition) is 4. The molecule has 0 bridgehead atoms. The molecule has 5 atom stereocenters. The summed E-state index contributed by atoms with van der Waals surface area (Å²) < 4.78 is 7.14. The lowest BCUT2D eigenvalue weighted by molar-refractivity contribution is -0.0287. The quantitative estimate of drug-likeness (QED) is 0.416. The molecule has 0 aromatic carbocycles. The summed E-state index contributed by atoms with van der Waals surface area (Å²) in [5, 5.41) is 13.6. The Bertz CT molecular complexity index is 899. The number of fused-ring (bicyclic) bond motifs is 1. The number of aromatic nitrogens is 3. The number of nitrogens with two attached hydrogens (primary N) is 2. The van der Waals surface area contributed by atoms with Gasteiger partial charge in [-0.25, -0.2) is 0 Å². The molecule has 1 aliphatic rings. The van der Waals surface area contributed by atoms with Gasteiger partial charge in [0.2, 0.25) is 5.95 Å². The first-order chi connectivity index (χ1) is 11.3. The molecule has 2 aromatic heterocycles.